The van der Waals surface area contributed by atoms with Gasteiger partial charge in [0.05, 0.1) is 0 Å². The van der Waals surface area contributed by atoms with Crippen LogP contribution in [0.1, 0.15) is 25.3 Å². The minimum atomic E-state index is 0. The fourth-order valence-corrected chi connectivity index (χ4v) is 3.17. The van der Waals surface area contributed by atoms with Gasteiger partial charge >= 0.3 is 0 Å². The lowest BCUT2D eigenvalue weighted by Crippen LogP contribution is -2.39. The SMILES string of the molecule is CCNC(=NCC1CC(=O)N(CCc2ccccc2)C1)NCCC(=O)N(C)C.I. The van der Waals surface area contributed by atoms with Crippen molar-refractivity contribution in [1.29, 1.82) is 0 Å². The quantitative estimate of drug-likeness (QED) is 0.299. The van der Waals surface area contributed by atoms with E-state index < -0.39 is 0 Å². The zero-order chi connectivity index (χ0) is 20.4. The Labute approximate surface area is 191 Å². The lowest BCUT2D eigenvalue weighted by Gasteiger charge is -2.17. The van der Waals surface area contributed by atoms with Crippen LogP contribution in [0.2, 0.25) is 0 Å². The first-order chi connectivity index (χ1) is 13.5. The Morgan fingerprint density at radius 1 is 1.24 bits per heavy atom. The second-order valence-electron chi connectivity index (χ2n) is 7.33. The molecule has 1 unspecified atom stereocenters. The van der Waals surface area contributed by atoms with Gasteiger partial charge in [-0.2, -0.15) is 0 Å². The number of amides is 2. The van der Waals surface area contributed by atoms with E-state index in [4.69, 9.17) is 0 Å². The number of carbonyl (C=O) groups excluding carboxylic acids is 2. The lowest BCUT2D eigenvalue weighted by molar-refractivity contribution is -0.129. The molecular weight excluding hydrogens is 481 g/mol. The Balaban J connectivity index is 0.00000420. The average molecular weight is 515 g/mol. The molecule has 1 aliphatic heterocycles. The summed E-state index contributed by atoms with van der Waals surface area (Å²) in [5, 5.41) is 6.39. The highest BCUT2D eigenvalue weighted by Gasteiger charge is 2.29. The maximum Gasteiger partial charge on any atom is 0.223 e. The largest absolute Gasteiger partial charge is 0.357 e. The van der Waals surface area contributed by atoms with Crippen molar-refractivity contribution in [3.8, 4) is 0 Å². The molecule has 1 saturated heterocycles. The Bertz CT molecular complexity index is 666. The first-order valence-corrected chi connectivity index (χ1v) is 10.0. The summed E-state index contributed by atoms with van der Waals surface area (Å²) in [6.45, 7) is 5.41. The molecule has 1 atom stereocenters. The number of guanidine groups is 1. The third-order valence-corrected chi connectivity index (χ3v) is 4.79. The summed E-state index contributed by atoms with van der Waals surface area (Å²) in [5.41, 5.74) is 1.25. The van der Waals surface area contributed by atoms with Crippen LogP contribution < -0.4 is 10.6 Å². The zero-order valence-corrected chi connectivity index (χ0v) is 20.0. The highest BCUT2D eigenvalue weighted by atomic mass is 127. The van der Waals surface area contributed by atoms with E-state index in [0.29, 0.717) is 31.9 Å². The van der Waals surface area contributed by atoms with Crippen LogP contribution in [0.4, 0.5) is 0 Å². The van der Waals surface area contributed by atoms with Gasteiger partial charge in [0.2, 0.25) is 11.8 Å². The van der Waals surface area contributed by atoms with Crippen molar-refractivity contribution in [2.45, 2.75) is 26.2 Å². The number of carbonyl (C=O) groups is 2. The highest BCUT2D eigenvalue weighted by molar-refractivity contribution is 14.0. The van der Waals surface area contributed by atoms with Crippen molar-refractivity contribution in [3.63, 3.8) is 0 Å². The number of aliphatic imine (C=N–C) groups is 1. The number of hydrogen-bond acceptors (Lipinski definition) is 3. The topological polar surface area (TPSA) is 77.0 Å². The molecule has 1 aromatic carbocycles. The van der Waals surface area contributed by atoms with Crippen molar-refractivity contribution in [2.24, 2.45) is 10.9 Å². The van der Waals surface area contributed by atoms with Gasteiger partial charge in [-0.3, -0.25) is 14.6 Å². The number of nitrogens with one attached hydrogen (secondary N) is 2. The molecule has 7 nitrogen and oxygen atoms in total. The van der Waals surface area contributed by atoms with Crippen molar-refractivity contribution >= 4 is 41.8 Å². The lowest BCUT2D eigenvalue weighted by atomic mass is 10.1. The number of likely N-dealkylation sites (tertiary alicyclic amines) is 1. The molecule has 0 bridgehead atoms. The van der Waals surface area contributed by atoms with Crippen LogP contribution in [0.15, 0.2) is 35.3 Å². The van der Waals surface area contributed by atoms with Crippen LogP contribution in [0.25, 0.3) is 0 Å². The van der Waals surface area contributed by atoms with Gasteiger partial charge in [0.25, 0.3) is 0 Å². The van der Waals surface area contributed by atoms with E-state index in [0.717, 1.165) is 26.1 Å². The molecule has 2 N–H and O–H groups in total. The molecular formula is C21H34IN5O2. The number of nitrogens with zero attached hydrogens (tertiary/aromatic N) is 3. The first-order valence-electron chi connectivity index (χ1n) is 10.0. The number of rotatable bonds is 9. The minimum absolute atomic E-state index is 0. The van der Waals surface area contributed by atoms with Gasteiger partial charge in [-0.25, -0.2) is 0 Å². The monoisotopic (exact) mass is 515 g/mol. The molecule has 29 heavy (non-hydrogen) atoms. The molecule has 0 saturated carbocycles. The Morgan fingerprint density at radius 2 is 1.97 bits per heavy atom. The number of halogens is 1. The van der Waals surface area contributed by atoms with Gasteiger partial charge < -0.3 is 20.4 Å². The molecule has 0 radical (unpaired) electrons. The summed E-state index contributed by atoms with van der Waals surface area (Å²) in [5.74, 6) is 1.23. The summed E-state index contributed by atoms with van der Waals surface area (Å²) < 4.78 is 0. The Morgan fingerprint density at radius 3 is 2.62 bits per heavy atom. The number of hydrogen-bond donors (Lipinski definition) is 2. The summed E-state index contributed by atoms with van der Waals surface area (Å²) in [7, 11) is 3.50. The molecule has 0 aromatic heterocycles. The van der Waals surface area contributed by atoms with E-state index in [2.05, 4.69) is 27.8 Å². The molecule has 1 fully saturated rings. The second kappa shape index (κ2) is 13.4. The highest BCUT2D eigenvalue weighted by Crippen LogP contribution is 2.18. The van der Waals surface area contributed by atoms with Crippen LogP contribution in [-0.2, 0) is 16.0 Å². The van der Waals surface area contributed by atoms with E-state index in [9.17, 15) is 9.59 Å². The van der Waals surface area contributed by atoms with E-state index in [-0.39, 0.29) is 41.7 Å². The molecule has 8 heteroatoms. The van der Waals surface area contributed by atoms with E-state index in [1.54, 1.807) is 19.0 Å². The summed E-state index contributed by atoms with van der Waals surface area (Å²) in [6.07, 6.45) is 1.86. The van der Waals surface area contributed by atoms with Crippen molar-refractivity contribution < 1.29 is 9.59 Å². The fourth-order valence-electron chi connectivity index (χ4n) is 3.17. The summed E-state index contributed by atoms with van der Waals surface area (Å²) in [6, 6.07) is 10.3. The van der Waals surface area contributed by atoms with Crippen LogP contribution in [0.3, 0.4) is 0 Å². The maximum atomic E-state index is 12.3. The van der Waals surface area contributed by atoms with E-state index >= 15 is 0 Å². The zero-order valence-electron chi connectivity index (χ0n) is 17.7. The number of benzene rings is 1. The van der Waals surface area contributed by atoms with Crippen molar-refractivity contribution in [1.82, 2.24) is 20.4 Å². The Kier molecular flexibility index (Phi) is 11.6. The molecule has 0 aliphatic carbocycles. The van der Waals surface area contributed by atoms with Gasteiger partial charge in [0, 0.05) is 65.6 Å². The molecule has 1 aliphatic rings. The van der Waals surface area contributed by atoms with Crippen LogP contribution in [0, 0.1) is 5.92 Å². The smallest absolute Gasteiger partial charge is 0.223 e. The molecule has 1 aromatic rings. The minimum Gasteiger partial charge on any atom is -0.357 e. The van der Waals surface area contributed by atoms with Crippen LogP contribution in [0.5, 0.6) is 0 Å². The maximum absolute atomic E-state index is 12.3. The predicted molar refractivity (Wildman–Crippen MR) is 128 cm³/mol. The molecule has 0 spiro atoms. The van der Waals surface area contributed by atoms with E-state index in [1.807, 2.05) is 30.0 Å². The molecule has 162 valence electrons. The third kappa shape index (κ3) is 9.01. The molecule has 2 rings (SSSR count). The average Bonchev–Trinajstić information content (AvgIpc) is 3.04. The summed E-state index contributed by atoms with van der Waals surface area (Å²) >= 11 is 0. The fraction of sp³-hybridized carbons (Fsp3) is 0.571. The first kappa shape index (κ1) is 25.2. The predicted octanol–water partition coefficient (Wildman–Crippen LogP) is 1.73. The Hall–Kier alpha value is -1.84. The van der Waals surface area contributed by atoms with Gasteiger partial charge in [-0.15, -0.1) is 24.0 Å². The standard InChI is InChI=1S/C21H33N5O2.HI/c1-4-22-21(23-12-10-19(27)25(2)3)24-15-18-14-20(28)26(16-18)13-11-17-8-6-5-7-9-17;/h5-9,18H,4,10-16H2,1-3H3,(H2,22,23,24);1H. The van der Waals surface area contributed by atoms with Crippen LogP contribution >= 0.6 is 24.0 Å². The molecule has 2 amide bonds. The normalized spacial score (nSPS) is 16.4. The van der Waals surface area contributed by atoms with Crippen molar-refractivity contribution in [2.75, 3.05) is 46.8 Å². The molecule has 1 heterocycles. The summed E-state index contributed by atoms with van der Waals surface area (Å²) in [4.78, 5) is 32.1. The van der Waals surface area contributed by atoms with Gasteiger partial charge in [-0.1, -0.05) is 30.3 Å². The van der Waals surface area contributed by atoms with Crippen molar-refractivity contribution in [3.05, 3.63) is 35.9 Å². The van der Waals surface area contributed by atoms with Crippen LogP contribution in [-0.4, -0.2) is 74.4 Å². The third-order valence-electron chi connectivity index (χ3n) is 4.79. The van der Waals surface area contributed by atoms with Gasteiger partial charge in [-0.05, 0) is 18.9 Å². The van der Waals surface area contributed by atoms with Gasteiger partial charge in [0.15, 0.2) is 5.96 Å². The second-order valence-corrected chi connectivity index (χ2v) is 7.33. The van der Waals surface area contributed by atoms with E-state index in [1.165, 1.54) is 5.56 Å². The van der Waals surface area contributed by atoms with Gasteiger partial charge in [0.1, 0.15) is 0 Å².